The van der Waals surface area contributed by atoms with Crippen molar-refractivity contribution < 1.29 is 9.69 Å². The molecule has 2 aromatic rings. The highest BCUT2D eigenvalue weighted by Gasteiger charge is 2.37. The lowest BCUT2D eigenvalue weighted by Gasteiger charge is -2.37. The first-order chi connectivity index (χ1) is 12.6. The lowest BCUT2D eigenvalue weighted by Crippen LogP contribution is -3.15. The van der Waals surface area contributed by atoms with Crippen LogP contribution >= 0.6 is 0 Å². The second-order valence-corrected chi connectivity index (χ2v) is 6.94. The molecule has 0 saturated heterocycles. The van der Waals surface area contributed by atoms with Gasteiger partial charge in [0.05, 0.1) is 13.1 Å². The molecule has 0 saturated carbocycles. The third-order valence-corrected chi connectivity index (χ3v) is 5.36. The van der Waals surface area contributed by atoms with Gasteiger partial charge in [0, 0.05) is 41.3 Å². The molecule has 0 radical (unpaired) electrons. The van der Waals surface area contributed by atoms with E-state index in [1.165, 1.54) is 43.6 Å². The summed E-state index contributed by atoms with van der Waals surface area (Å²) in [5, 5.41) is 4.40. The van der Waals surface area contributed by atoms with E-state index in [4.69, 9.17) is 0 Å². The van der Waals surface area contributed by atoms with Crippen LogP contribution in [0.2, 0.25) is 0 Å². The highest BCUT2D eigenvalue weighted by atomic mass is 16.2. The van der Waals surface area contributed by atoms with Gasteiger partial charge in [-0.2, -0.15) is 0 Å². The largest absolute Gasteiger partial charge is 0.361 e. The number of fused-ring (bicyclic) bond motifs is 2. The standard InChI is InChI=1S/C21H22N4O/c1-4-9-25(5-2)21(26)23-15-11-17-16-7-6-8-18-20(16)14(12-22-18)10-19(17)24(3)13-15/h5-8,11-12,15,19,22H,2,10,13H2,1,3H3,(H,23,26)/p+1/t15-,19+/m0/s1. The van der Waals surface area contributed by atoms with Gasteiger partial charge in [-0.1, -0.05) is 24.6 Å². The Bertz CT molecular complexity index is 975. The Morgan fingerprint density at radius 1 is 1.50 bits per heavy atom. The zero-order chi connectivity index (χ0) is 18.3. The highest BCUT2D eigenvalue weighted by molar-refractivity contribution is 5.98. The SMILES string of the molecule is C=CN(C#CC)C(=O)N[C@H]1C=C2c3cccc4[nH]cc(c34)C[C@H]2[NH+](C)C1. The first-order valence-electron chi connectivity index (χ1n) is 8.90. The molecule has 1 aromatic carbocycles. The number of nitrogens with one attached hydrogen (secondary N) is 3. The van der Waals surface area contributed by atoms with Crippen molar-refractivity contribution in [2.45, 2.75) is 25.4 Å². The van der Waals surface area contributed by atoms with E-state index in [0.717, 1.165) is 13.0 Å². The summed E-state index contributed by atoms with van der Waals surface area (Å²) in [6.45, 7) is 6.21. The number of nitrogens with zero attached hydrogens (tertiary/aromatic N) is 1. The van der Waals surface area contributed by atoms with Gasteiger partial charge in [-0.05, 0) is 30.2 Å². The maximum absolute atomic E-state index is 12.4. The van der Waals surface area contributed by atoms with Crippen LogP contribution in [0.25, 0.3) is 16.5 Å². The number of likely N-dealkylation sites (N-methyl/N-ethyl adjacent to an activating group) is 1. The molecule has 1 aromatic heterocycles. The number of rotatable bonds is 2. The number of benzene rings is 1. The summed E-state index contributed by atoms with van der Waals surface area (Å²) in [7, 11) is 2.20. The predicted molar refractivity (Wildman–Crippen MR) is 103 cm³/mol. The van der Waals surface area contributed by atoms with E-state index in [1.54, 1.807) is 6.92 Å². The summed E-state index contributed by atoms with van der Waals surface area (Å²) in [5.41, 5.74) is 5.16. The summed E-state index contributed by atoms with van der Waals surface area (Å²) in [5.74, 6) is 2.73. The molecule has 4 rings (SSSR count). The Labute approximate surface area is 153 Å². The monoisotopic (exact) mass is 347 g/mol. The van der Waals surface area contributed by atoms with Gasteiger partial charge in [-0.15, -0.1) is 0 Å². The van der Waals surface area contributed by atoms with Crippen molar-refractivity contribution in [2.75, 3.05) is 13.6 Å². The second kappa shape index (κ2) is 6.40. The molecular formula is C21H23N4O+. The molecule has 132 valence electrons. The van der Waals surface area contributed by atoms with E-state index in [9.17, 15) is 4.79 Å². The van der Waals surface area contributed by atoms with E-state index in [-0.39, 0.29) is 12.1 Å². The lowest BCUT2D eigenvalue weighted by atomic mass is 9.81. The maximum atomic E-state index is 12.4. The average Bonchev–Trinajstić information content (AvgIpc) is 3.05. The number of amides is 2. The normalized spacial score (nSPS) is 23.3. The lowest BCUT2D eigenvalue weighted by molar-refractivity contribution is -0.898. The first kappa shape index (κ1) is 16.5. The quantitative estimate of drug-likeness (QED) is 0.560. The number of aromatic nitrogens is 1. The molecule has 5 heteroatoms. The van der Waals surface area contributed by atoms with E-state index in [1.807, 2.05) is 0 Å². The molecule has 2 heterocycles. The summed E-state index contributed by atoms with van der Waals surface area (Å²) in [6, 6.07) is 9.28. The highest BCUT2D eigenvalue weighted by Crippen LogP contribution is 2.36. The first-order valence-corrected chi connectivity index (χ1v) is 8.90. The predicted octanol–water partition coefficient (Wildman–Crippen LogP) is 1.51. The van der Waals surface area contributed by atoms with Crippen molar-refractivity contribution in [1.29, 1.82) is 0 Å². The Kier molecular flexibility index (Phi) is 4.06. The summed E-state index contributed by atoms with van der Waals surface area (Å²) in [4.78, 5) is 18.5. The number of hydrogen-bond donors (Lipinski definition) is 3. The molecule has 0 fully saturated rings. The Hall–Kier alpha value is -2.97. The van der Waals surface area contributed by atoms with Crippen molar-refractivity contribution >= 4 is 22.5 Å². The number of aromatic amines is 1. The van der Waals surface area contributed by atoms with Gasteiger partial charge < -0.3 is 15.2 Å². The maximum Gasteiger partial charge on any atom is 0.333 e. The second-order valence-electron chi connectivity index (χ2n) is 6.94. The fourth-order valence-corrected chi connectivity index (χ4v) is 4.21. The van der Waals surface area contributed by atoms with Crippen LogP contribution in [-0.4, -0.2) is 41.6 Å². The molecule has 2 aliphatic rings. The molecule has 5 nitrogen and oxygen atoms in total. The summed E-state index contributed by atoms with van der Waals surface area (Å²) < 4.78 is 0. The van der Waals surface area contributed by atoms with Crippen LogP contribution in [0.3, 0.4) is 0 Å². The average molecular weight is 347 g/mol. The van der Waals surface area contributed by atoms with Gasteiger partial charge in [0.2, 0.25) is 0 Å². The fourth-order valence-electron chi connectivity index (χ4n) is 4.21. The number of hydrogen-bond acceptors (Lipinski definition) is 1. The summed E-state index contributed by atoms with van der Waals surface area (Å²) in [6.07, 6.45) is 6.82. The zero-order valence-electron chi connectivity index (χ0n) is 15.1. The minimum Gasteiger partial charge on any atom is -0.361 e. The van der Waals surface area contributed by atoms with Crippen molar-refractivity contribution in [2.24, 2.45) is 0 Å². The molecule has 0 spiro atoms. The number of quaternary nitrogens is 1. The zero-order valence-corrected chi connectivity index (χ0v) is 15.1. The Morgan fingerprint density at radius 2 is 2.35 bits per heavy atom. The number of H-pyrrole nitrogens is 1. The third kappa shape index (κ3) is 2.59. The van der Waals surface area contributed by atoms with E-state index in [0.29, 0.717) is 6.04 Å². The van der Waals surface area contributed by atoms with E-state index >= 15 is 0 Å². The minimum absolute atomic E-state index is 0.0365. The van der Waals surface area contributed by atoms with Gasteiger partial charge in [-0.25, -0.2) is 9.69 Å². The van der Waals surface area contributed by atoms with E-state index < -0.39 is 0 Å². The number of urea groups is 1. The summed E-state index contributed by atoms with van der Waals surface area (Å²) >= 11 is 0. The third-order valence-electron chi connectivity index (χ3n) is 5.36. The molecule has 2 amide bonds. The van der Waals surface area contributed by atoms with Crippen LogP contribution in [-0.2, 0) is 6.42 Å². The van der Waals surface area contributed by atoms with Crippen LogP contribution in [0.5, 0.6) is 0 Å². The van der Waals surface area contributed by atoms with Crippen LogP contribution in [0, 0.1) is 12.0 Å². The van der Waals surface area contributed by atoms with Gasteiger partial charge in [0.15, 0.2) is 0 Å². The van der Waals surface area contributed by atoms with Crippen LogP contribution in [0.4, 0.5) is 4.79 Å². The fraction of sp³-hybridized carbons (Fsp3) is 0.286. The Balaban J connectivity index is 1.69. The number of carbonyl (C=O) groups excluding carboxylic acids is 1. The van der Waals surface area contributed by atoms with Crippen molar-refractivity contribution in [3.8, 4) is 12.0 Å². The molecule has 26 heavy (non-hydrogen) atoms. The smallest absolute Gasteiger partial charge is 0.333 e. The minimum atomic E-state index is -0.237. The molecule has 0 bridgehead atoms. The molecule has 1 unspecified atom stereocenters. The van der Waals surface area contributed by atoms with Crippen molar-refractivity contribution in [1.82, 2.24) is 15.2 Å². The van der Waals surface area contributed by atoms with E-state index in [2.05, 4.69) is 66.4 Å². The number of carbonyl (C=O) groups is 1. The van der Waals surface area contributed by atoms with Gasteiger partial charge in [-0.3, -0.25) is 0 Å². The van der Waals surface area contributed by atoms with Crippen molar-refractivity contribution in [3.05, 3.63) is 54.4 Å². The Morgan fingerprint density at radius 3 is 3.12 bits per heavy atom. The van der Waals surface area contributed by atoms with Gasteiger partial charge in [0.1, 0.15) is 12.6 Å². The van der Waals surface area contributed by atoms with Crippen molar-refractivity contribution in [3.63, 3.8) is 0 Å². The van der Waals surface area contributed by atoms with Gasteiger partial charge >= 0.3 is 6.03 Å². The molecule has 3 N–H and O–H groups in total. The topological polar surface area (TPSA) is 52.6 Å². The van der Waals surface area contributed by atoms with Gasteiger partial charge in [0.25, 0.3) is 0 Å². The molecule has 1 aliphatic carbocycles. The van der Waals surface area contributed by atoms with Crippen LogP contribution < -0.4 is 10.2 Å². The van der Waals surface area contributed by atoms with Crippen LogP contribution in [0.15, 0.2) is 43.3 Å². The van der Waals surface area contributed by atoms with Crippen LogP contribution in [0.1, 0.15) is 18.1 Å². The molecular weight excluding hydrogens is 324 g/mol. The molecule has 3 atom stereocenters. The molecule has 1 aliphatic heterocycles.